The highest BCUT2D eigenvalue weighted by molar-refractivity contribution is 6.25. The lowest BCUT2D eigenvalue weighted by atomic mass is 9.85. The van der Waals surface area contributed by atoms with Crippen molar-refractivity contribution in [1.82, 2.24) is 0 Å². The molecule has 1 heterocycles. The average Bonchev–Trinajstić information content (AvgIpc) is 2.61. The van der Waals surface area contributed by atoms with Crippen molar-refractivity contribution in [2.45, 2.75) is 19.3 Å². The third-order valence-electron chi connectivity index (χ3n) is 4.31. The lowest BCUT2D eigenvalue weighted by Crippen LogP contribution is -2.34. The third-order valence-corrected chi connectivity index (χ3v) is 4.31. The molecule has 2 nitrogen and oxygen atoms in total. The normalized spacial score (nSPS) is 18.4. The van der Waals surface area contributed by atoms with E-state index in [9.17, 15) is 4.79 Å². The van der Waals surface area contributed by atoms with E-state index in [1.165, 1.54) is 24.6 Å². The molecule has 0 unspecified atom stereocenters. The van der Waals surface area contributed by atoms with E-state index in [4.69, 9.17) is 0 Å². The van der Waals surface area contributed by atoms with Gasteiger partial charge in [-0.1, -0.05) is 30.7 Å². The molecule has 0 saturated heterocycles. The maximum Gasteiger partial charge on any atom is 0.259 e. The van der Waals surface area contributed by atoms with E-state index in [0.29, 0.717) is 5.92 Å². The SMILES string of the molecule is O=C1c2cccc3cccc(c23)N1CC1CCC1. The van der Waals surface area contributed by atoms with Crippen molar-refractivity contribution in [3.05, 3.63) is 42.0 Å². The minimum Gasteiger partial charge on any atom is -0.307 e. The molecule has 1 aliphatic heterocycles. The number of hydrogen-bond donors (Lipinski definition) is 0. The summed E-state index contributed by atoms with van der Waals surface area (Å²) >= 11 is 0. The highest BCUT2D eigenvalue weighted by Crippen LogP contribution is 2.39. The molecule has 1 fully saturated rings. The molecule has 4 rings (SSSR count). The molecule has 1 amide bonds. The van der Waals surface area contributed by atoms with Crippen molar-refractivity contribution in [3.63, 3.8) is 0 Å². The number of rotatable bonds is 2. The zero-order valence-electron chi connectivity index (χ0n) is 10.2. The summed E-state index contributed by atoms with van der Waals surface area (Å²) in [6, 6.07) is 12.2. The maximum absolute atomic E-state index is 12.5. The minimum absolute atomic E-state index is 0.189. The van der Waals surface area contributed by atoms with E-state index in [1.54, 1.807) is 0 Å². The standard InChI is InChI=1S/C16H15NO/c18-16-13-8-2-6-12-7-3-9-14(15(12)13)17(16)10-11-4-1-5-11/h2-3,6-9,11H,1,4-5,10H2. The van der Waals surface area contributed by atoms with Crippen LogP contribution in [0.2, 0.25) is 0 Å². The molecular formula is C16H15NO. The van der Waals surface area contributed by atoms with Crippen LogP contribution in [-0.2, 0) is 0 Å². The van der Waals surface area contributed by atoms with E-state index in [2.05, 4.69) is 18.2 Å². The van der Waals surface area contributed by atoms with Gasteiger partial charge in [0, 0.05) is 17.5 Å². The van der Waals surface area contributed by atoms with Crippen molar-refractivity contribution >= 4 is 22.4 Å². The molecule has 1 saturated carbocycles. The van der Waals surface area contributed by atoms with E-state index < -0.39 is 0 Å². The summed E-state index contributed by atoms with van der Waals surface area (Å²) in [4.78, 5) is 14.5. The molecule has 2 aromatic carbocycles. The molecule has 0 bridgehead atoms. The van der Waals surface area contributed by atoms with Crippen LogP contribution in [0.1, 0.15) is 29.6 Å². The first-order chi connectivity index (χ1) is 8.84. The Balaban J connectivity index is 1.85. The van der Waals surface area contributed by atoms with Crippen LogP contribution >= 0.6 is 0 Å². The van der Waals surface area contributed by atoms with Crippen LogP contribution < -0.4 is 4.90 Å². The van der Waals surface area contributed by atoms with Crippen LogP contribution in [0.5, 0.6) is 0 Å². The summed E-state index contributed by atoms with van der Waals surface area (Å²) in [5.41, 5.74) is 1.99. The topological polar surface area (TPSA) is 20.3 Å². The van der Waals surface area contributed by atoms with E-state index in [0.717, 1.165) is 23.2 Å². The molecule has 2 heteroatoms. The molecule has 0 N–H and O–H groups in total. The molecule has 0 radical (unpaired) electrons. The van der Waals surface area contributed by atoms with Gasteiger partial charge in [0.2, 0.25) is 0 Å². The van der Waals surface area contributed by atoms with Gasteiger partial charge in [-0.05, 0) is 36.3 Å². The average molecular weight is 237 g/mol. The van der Waals surface area contributed by atoms with Crippen LogP contribution in [0, 0.1) is 5.92 Å². The van der Waals surface area contributed by atoms with Crippen LogP contribution in [0.15, 0.2) is 36.4 Å². The van der Waals surface area contributed by atoms with Gasteiger partial charge in [0.1, 0.15) is 0 Å². The van der Waals surface area contributed by atoms with E-state index in [-0.39, 0.29) is 5.91 Å². The first-order valence-corrected chi connectivity index (χ1v) is 6.68. The van der Waals surface area contributed by atoms with Gasteiger partial charge >= 0.3 is 0 Å². The first kappa shape index (κ1) is 10.1. The largest absolute Gasteiger partial charge is 0.307 e. The van der Waals surface area contributed by atoms with Crippen molar-refractivity contribution in [1.29, 1.82) is 0 Å². The summed E-state index contributed by atoms with van der Waals surface area (Å²) in [5, 5.41) is 2.32. The Kier molecular flexibility index (Phi) is 2.01. The van der Waals surface area contributed by atoms with E-state index >= 15 is 0 Å². The van der Waals surface area contributed by atoms with Crippen molar-refractivity contribution < 1.29 is 4.79 Å². The van der Waals surface area contributed by atoms with Gasteiger partial charge in [0.25, 0.3) is 5.91 Å². The van der Waals surface area contributed by atoms with Gasteiger partial charge in [0.05, 0.1) is 5.69 Å². The van der Waals surface area contributed by atoms with Crippen LogP contribution in [-0.4, -0.2) is 12.5 Å². The lowest BCUT2D eigenvalue weighted by molar-refractivity contribution is 0.0984. The van der Waals surface area contributed by atoms with Crippen molar-refractivity contribution in [3.8, 4) is 0 Å². The van der Waals surface area contributed by atoms with Crippen LogP contribution in [0.3, 0.4) is 0 Å². The summed E-state index contributed by atoms with van der Waals surface area (Å²) in [6.45, 7) is 0.895. The van der Waals surface area contributed by atoms with Gasteiger partial charge in [-0.25, -0.2) is 0 Å². The molecular weight excluding hydrogens is 222 g/mol. The zero-order valence-corrected chi connectivity index (χ0v) is 10.2. The van der Waals surface area contributed by atoms with Gasteiger partial charge in [-0.3, -0.25) is 4.79 Å². The summed E-state index contributed by atoms with van der Waals surface area (Å²) in [6.07, 6.45) is 3.87. The number of benzene rings is 2. The third kappa shape index (κ3) is 1.26. The molecule has 90 valence electrons. The second kappa shape index (κ2) is 3.58. The van der Waals surface area contributed by atoms with Crippen molar-refractivity contribution in [2.24, 2.45) is 5.92 Å². The number of carbonyl (C=O) groups excluding carboxylic acids is 1. The summed E-state index contributed by atoms with van der Waals surface area (Å²) in [7, 11) is 0. The zero-order chi connectivity index (χ0) is 12.1. The number of amides is 1. The Labute approximate surface area is 106 Å². The molecule has 0 aromatic heterocycles. The Hall–Kier alpha value is -1.83. The molecule has 2 aromatic rings. The van der Waals surface area contributed by atoms with Crippen molar-refractivity contribution in [2.75, 3.05) is 11.4 Å². The Morgan fingerprint density at radius 1 is 1.11 bits per heavy atom. The van der Waals surface area contributed by atoms with Gasteiger partial charge in [-0.2, -0.15) is 0 Å². The highest BCUT2D eigenvalue weighted by atomic mass is 16.2. The van der Waals surface area contributed by atoms with Crippen LogP contribution in [0.4, 0.5) is 5.69 Å². The predicted octanol–water partition coefficient (Wildman–Crippen LogP) is 3.60. The molecule has 1 aliphatic carbocycles. The monoisotopic (exact) mass is 237 g/mol. The molecule has 18 heavy (non-hydrogen) atoms. The van der Waals surface area contributed by atoms with Crippen LogP contribution in [0.25, 0.3) is 10.8 Å². The fourth-order valence-corrected chi connectivity index (χ4v) is 3.09. The maximum atomic E-state index is 12.5. The van der Waals surface area contributed by atoms with E-state index in [1.807, 2.05) is 23.1 Å². The Morgan fingerprint density at radius 3 is 2.61 bits per heavy atom. The number of carbonyl (C=O) groups is 1. The predicted molar refractivity (Wildman–Crippen MR) is 73.0 cm³/mol. The number of nitrogens with zero attached hydrogens (tertiary/aromatic N) is 1. The molecule has 0 spiro atoms. The number of anilines is 1. The fraction of sp³-hybridized carbons (Fsp3) is 0.312. The molecule has 2 aliphatic rings. The Morgan fingerprint density at radius 2 is 1.89 bits per heavy atom. The molecule has 0 atom stereocenters. The second-order valence-electron chi connectivity index (χ2n) is 5.39. The minimum atomic E-state index is 0.189. The second-order valence-corrected chi connectivity index (χ2v) is 5.39. The Bertz CT molecular complexity index is 637. The summed E-state index contributed by atoms with van der Waals surface area (Å²) < 4.78 is 0. The van der Waals surface area contributed by atoms with Gasteiger partial charge in [0.15, 0.2) is 0 Å². The first-order valence-electron chi connectivity index (χ1n) is 6.68. The lowest BCUT2D eigenvalue weighted by Gasteiger charge is -2.30. The number of hydrogen-bond acceptors (Lipinski definition) is 1. The fourth-order valence-electron chi connectivity index (χ4n) is 3.09. The summed E-state index contributed by atoms with van der Waals surface area (Å²) in [5.74, 6) is 0.896. The quantitative estimate of drug-likeness (QED) is 0.781. The highest BCUT2D eigenvalue weighted by Gasteiger charge is 2.32. The smallest absolute Gasteiger partial charge is 0.259 e. The van der Waals surface area contributed by atoms with Gasteiger partial charge < -0.3 is 4.90 Å². The van der Waals surface area contributed by atoms with Gasteiger partial charge in [-0.15, -0.1) is 0 Å².